The number of amides is 4. The van der Waals surface area contributed by atoms with Crippen LogP contribution in [0.15, 0.2) is 49.6 Å². The second-order valence-corrected chi connectivity index (χ2v) is 40.4. The monoisotopic (exact) mass is 1850 g/mol. The van der Waals surface area contributed by atoms with Crippen LogP contribution in [0, 0.1) is 21.7 Å². The Morgan fingerprint density at radius 3 is 1.19 bits per heavy atom. The summed E-state index contributed by atoms with van der Waals surface area (Å²) in [4.78, 5) is 181. The molecule has 0 spiro atoms. The lowest BCUT2D eigenvalue weighted by atomic mass is 9.81. The fraction of sp³-hybridized carbons (Fsp3) is 0.676. The average Bonchev–Trinajstić information content (AvgIpc) is 1.64. The Labute approximate surface area is 700 Å². The number of phosphoric acid groups is 6. The van der Waals surface area contributed by atoms with E-state index in [9.17, 15) is 116 Å². The molecule has 5 aromatic rings. The summed E-state index contributed by atoms with van der Waals surface area (Å²) < 4.78 is 126. The number of ether oxygens (including phenoxy) is 2. The first kappa shape index (κ1) is 103. The third-order valence-electron chi connectivity index (χ3n) is 20.0. The summed E-state index contributed by atoms with van der Waals surface area (Å²) in [6.45, 7) is 7.71. The summed E-state index contributed by atoms with van der Waals surface area (Å²) in [6, 6.07) is 8.48. The number of nitrogens with zero attached hydrogens (tertiary/aromatic N) is 8. The number of ketones is 2. The van der Waals surface area contributed by atoms with Crippen molar-refractivity contribution in [3.63, 3.8) is 0 Å². The summed E-state index contributed by atoms with van der Waals surface area (Å²) in [7, 11) is -33.2. The van der Waals surface area contributed by atoms with E-state index in [0.717, 1.165) is 98.7 Å². The van der Waals surface area contributed by atoms with Gasteiger partial charge in [0, 0.05) is 73.5 Å². The third kappa shape index (κ3) is 31.6. The van der Waals surface area contributed by atoms with Gasteiger partial charge in [0.25, 0.3) is 0 Å². The van der Waals surface area contributed by atoms with E-state index in [-0.39, 0.29) is 97.4 Å². The average molecular weight is 1850 g/mol. The van der Waals surface area contributed by atoms with Crippen LogP contribution in [0.2, 0.25) is 0 Å². The molecule has 4 aromatic heterocycles. The van der Waals surface area contributed by atoms with Gasteiger partial charge in [-0.2, -0.15) is 8.62 Å². The number of rotatable bonds is 54. The van der Waals surface area contributed by atoms with Gasteiger partial charge in [-0.25, -0.2) is 57.3 Å². The maximum Gasteiger partial charge on any atom is 0.481 e. The van der Waals surface area contributed by atoms with Crippen LogP contribution in [0.4, 0.5) is 11.6 Å². The topological polar surface area (TPSA) is 727 Å². The molecule has 4 amide bonds. The quantitative estimate of drug-likeness (QED) is 0.0196. The van der Waals surface area contributed by atoms with Crippen molar-refractivity contribution in [1.82, 2.24) is 60.3 Å². The van der Waals surface area contributed by atoms with Crippen molar-refractivity contribution in [3.05, 3.63) is 60.7 Å². The normalized spacial score (nSPS) is 21.3. The highest BCUT2D eigenvalue weighted by Gasteiger charge is 2.53. The lowest BCUT2D eigenvalue weighted by Crippen LogP contribution is -2.46. The van der Waals surface area contributed by atoms with Crippen molar-refractivity contribution in [3.8, 4) is 0 Å². The summed E-state index contributed by atoms with van der Waals surface area (Å²) in [5.74, 6) is -3.27. The first-order valence-corrected chi connectivity index (χ1v) is 47.6. The van der Waals surface area contributed by atoms with Gasteiger partial charge in [-0.3, -0.25) is 65.0 Å². The van der Waals surface area contributed by atoms with E-state index in [1.54, 1.807) is 0 Å². The number of benzene rings is 1. The summed E-state index contributed by atoms with van der Waals surface area (Å²) in [5, 5.41) is 53.6. The molecule has 14 unspecified atom stereocenters. The maximum absolute atomic E-state index is 13.2. The van der Waals surface area contributed by atoms with Crippen molar-refractivity contribution in [2.45, 2.75) is 219 Å². The van der Waals surface area contributed by atoms with Crippen LogP contribution in [0.25, 0.3) is 22.3 Å². The van der Waals surface area contributed by atoms with Gasteiger partial charge in [-0.15, -0.1) is 0 Å². The van der Waals surface area contributed by atoms with E-state index < -0.39 is 180 Å². The standard InChI is InChI=1S/C68H110N14O34P6/c1-65(2,45(83)22-28-71-47(85)24-30-73-61(91)55(89)67(5,6)35-109-121(103,104)115-119(99,100)107-33-43-53(113-117(93,94)95)51(87)63(111-43)81-39-79-49-57(69)75-37-77-59(49)81)26-15-11-9-13-18-41-20-17-21-42(32-41)19-14-10-12-16-27-66(3,4)46(84)23-29-72-48(86)25-31-74-62(92)56(90)68(7,8)36-110-122(105,106)116-120(101,102)108-34-44-54(114-118(96,97)98)52(88)64(112-44)82-40-80-50-58(70)76-38-78-60(50)82/h17,20-21,32,37-40,43-44,51-56,63-64,87-90H,9-16,18-19,22-31,33-36H2,1-8H3,(H,71,85)(H,72,86)(H,73,91)(H,74,92)(H,99,100)(H,101,102)(H,103,104)(H,105,106)(H2,69,75,77)(H2,70,76,78)(H2,93,94,95)(H2,96,97,98). The van der Waals surface area contributed by atoms with Crippen LogP contribution in [0.5, 0.6) is 0 Å². The lowest BCUT2D eigenvalue weighted by Gasteiger charge is -2.30. The van der Waals surface area contributed by atoms with Gasteiger partial charge in [0.2, 0.25) is 23.6 Å². The molecule has 0 radical (unpaired) electrons. The van der Waals surface area contributed by atoms with E-state index in [1.165, 1.54) is 38.8 Å². The number of carbonyl (C=O) groups is 6. The molecular formula is C68H110N14O34P6. The number of nitrogens with two attached hydrogens (primary N) is 2. The number of unbranched alkanes of at least 4 members (excludes halogenated alkanes) is 6. The van der Waals surface area contributed by atoms with Gasteiger partial charge in [0.05, 0.1) is 39.1 Å². The molecule has 2 aliphatic rings. The largest absolute Gasteiger partial charge is 0.481 e. The van der Waals surface area contributed by atoms with E-state index in [0.29, 0.717) is 12.8 Å². The first-order chi connectivity index (χ1) is 56.6. The van der Waals surface area contributed by atoms with Gasteiger partial charge in [0.15, 0.2) is 35.4 Å². The number of imidazole rings is 2. The van der Waals surface area contributed by atoms with Gasteiger partial charge in [-0.1, -0.05) is 118 Å². The molecule has 0 aliphatic carbocycles. The number of phosphoric ester groups is 6. The minimum absolute atomic E-state index is 0.00760. The molecule has 0 bridgehead atoms. The molecular weight excluding hydrogens is 1740 g/mol. The smallest absolute Gasteiger partial charge is 0.386 e. The molecule has 2 saturated heterocycles. The molecule has 122 heavy (non-hydrogen) atoms. The number of aliphatic hydroxyl groups is 4. The SMILES string of the molecule is CC(C)(CCCCCCc1cccc(CCCCCCC(C)(C)C(=O)CCNC(=O)CCNC(=O)C(O)C(C)(C)COP(=O)(O)OP(=O)(O)OCC2OC(n3cnc4c(N)ncnc43)C(O)C2OP(=O)(O)O)c1)C(=O)CCNC(=O)CCNC(=O)C(O)C(C)(C)COP(=O)(O)OP(=O)(O)OCC1OC(n2cnc3c(N)ncnc32)C(O)C1OP(=O)(O)O. The summed E-state index contributed by atoms with van der Waals surface area (Å²) in [5.41, 5.74) is 9.53. The van der Waals surface area contributed by atoms with Crippen LogP contribution in [0.3, 0.4) is 0 Å². The second kappa shape index (κ2) is 43.9. The minimum Gasteiger partial charge on any atom is -0.386 e. The zero-order chi connectivity index (χ0) is 90.8. The Bertz CT molecular complexity index is 4440. The highest BCUT2D eigenvalue weighted by molar-refractivity contribution is 7.61. The first-order valence-electron chi connectivity index (χ1n) is 38.5. The van der Waals surface area contributed by atoms with Gasteiger partial charge in [0.1, 0.15) is 84.1 Å². The Balaban J connectivity index is 0.682. The van der Waals surface area contributed by atoms with E-state index in [4.69, 9.17) is 39.0 Å². The molecule has 686 valence electrons. The maximum atomic E-state index is 13.2. The molecule has 6 heterocycles. The number of hydrogen-bond acceptors (Lipinski definition) is 34. The predicted octanol–water partition coefficient (Wildman–Crippen LogP) is 3.48. The molecule has 0 saturated carbocycles. The molecule has 7 rings (SSSR count). The third-order valence-corrected chi connectivity index (χ3v) is 26.2. The number of fused-ring (bicyclic) bond motifs is 2. The Morgan fingerprint density at radius 1 is 0.484 bits per heavy atom. The number of aromatic nitrogens is 8. The van der Waals surface area contributed by atoms with Gasteiger partial charge in [-0.05, 0) is 49.7 Å². The highest BCUT2D eigenvalue weighted by Crippen LogP contribution is 2.63. The number of carbonyl (C=O) groups excluding carboxylic acids is 6. The van der Waals surface area contributed by atoms with E-state index >= 15 is 0 Å². The lowest BCUT2D eigenvalue weighted by molar-refractivity contribution is -0.137. The number of aliphatic hydroxyl groups excluding tert-OH is 4. The zero-order valence-corrected chi connectivity index (χ0v) is 73.5. The molecule has 54 heteroatoms. The number of hydrogen-bond donors (Lipinski definition) is 18. The number of nitrogen functional groups attached to an aromatic ring is 2. The van der Waals surface area contributed by atoms with Crippen molar-refractivity contribution in [2.24, 2.45) is 21.7 Å². The van der Waals surface area contributed by atoms with Crippen molar-refractivity contribution < 1.29 is 161 Å². The van der Waals surface area contributed by atoms with Crippen LogP contribution in [-0.2, 0) is 114 Å². The Morgan fingerprint density at radius 2 is 0.828 bits per heavy atom. The van der Waals surface area contributed by atoms with Crippen molar-refractivity contribution >= 4 is 116 Å². The Kier molecular flexibility index (Phi) is 37.0. The van der Waals surface area contributed by atoms with Gasteiger partial charge < -0.3 is 102 Å². The molecule has 2 fully saturated rings. The van der Waals surface area contributed by atoms with Crippen molar-refractivity contribution in [2.75, 3.05) is 64.1 Å². The van der Waals surface area contributed by atoms with Crippen LogP contribution in [0.1, 0.15) is 169 Å². The van der Waals surface area contributed by atoms with E-state index in [2.05, 4.69) is 93.1 Å². The van der Waals surface area contributed by atoms with Gasteiger partial charge >= 0.3 is 46.9 Å². The molecule has 1 aromatic carbocycles. The second-order valence-electron chi connectivity index (χ2n) is 31.9. The Hall–Kier alpha value is -6.36. The molecule has 48 nitrogen and oxygen atoms in total. The molecule has 20 N–H and O–H groups in total. The van der Waals surface area contributed by atoms with Crippen LogP contribution < -0.4 is 32.7 Å². The number of anilines is 2. The number of Topliss-reactive ketones (excluding diaryl/α,β-unsaturated/α-hetero) is 2. The predicted molar refractivity (Wildman–Crippen MR) is 426 cm³/mol. The van der Waals surface area contributed by atoms with E-state index in [1.807, 2.05) is 27.7 Å². The summed E-state index contributed by atoms with van der Waals surface area (Å²) in [6.07, 6.45) is -4.01. The number of aryl methyl sites for hydroxylation is 2. The summed E-state index contributed by atoms with van der Waals surface area (Å²) >= 11 is 0. The minimum atomic E-state index is -5.64. The fourth-order valence-corrected chi connectivity index (χ4v) is 18.6. The molecule has 2 aliphatic heterocycles. The highest BCUT2D eigenvalue weighted by atomic mass is 31.3. The van der Waals surface area contributed by atoms with Crippen molar-refractivity contribution in [1.29, 1.82) is 0 Å². The number of nitrogens with one attached hydrogen (secondary N) is 4. The van der Waals surface area contributed by atoms with Crippen LogP contribution >= 0.6 is 46.9 Å². The fourth-order valence-electron chi connectivity index (χ4n) is 12.9. The van der Waals surface area contributed by atoms with Crippen LogP contribution in [-0.4, -0.2) is 235 Å². The zero-order valence-electron chi connectivity index (χ0n) is 68.1. The molecule has 14 atom stereocenters.